The van der Waals surface area contributed by atoms with Gasteiger partial charge >= 0.3 is 0 Å². The predicted molar refractivity (Wildman–Crippen MR) is 85.3 cm³/mol. The summed E-state index contributed by atoms with van der Waals surface area (Å²) in [5.41, 5.74) is 3.82. The van der Waals surface area contributed by atoms with Gasteiger partial charge in [-0.15, -0.1) is 0 Å². The maximum absolute atomic E-state index is 6.07. The fourth-order valence-electron chi connectivity index (χ4n) is 2.62. The van der Waals surface area contributed by atoms with E-state index in [1.807, 2.05) is 24.5 Å². The quantitative estimate of drug-likeness (QED) is 0.876. The van der Waals surface area contributed by atoms with Crippen LogP contribution in [0.3, 0.4) is 0 Å². The number of benzene rings is 1. The highest BCUT2D eigenvalue weighted by Gasteiger charge is 2.21. The Kier molecular flexibility index (Phi) is 5.16. The highest BCUT2D eigenvalue weighted by molar-refractivity contribution is 6.30. The van der Waals surface area contributed by atoms with Crippen molar-refractivity contribution >= 4 is 11.6 Å². The maximum atomic E-state index is 6.07. The van der Waals surface area contributed by atoms with E-state index in [0.717, 1.165) is 11.6 Å². The van der Waals surface area contributed by atoms with Gasteiger partial charge in [0.15, 0.2) is 0 Å². The molecule has 1 aromatic carbocycles. The number of nitrogens with zero attached hydrogens (tertiary/aromatic N) is 1. The lowest BCUT2D eigenvalue weighted by molar-refractivity contribution is 0.477. The Morgan fingerprint density at radius 2 is 1.90 bits per heavy atom. The number of rotatable bonds is 5. The molecule has 2 unspecified atom stereocenters. The van der Waals surface area contributed by atoms with Crippen LogP contribution in [-0.2, 0) is 0 Å². The van der Waals surface area contributed by atoms with E-state index in [-0.39, 0.29) is 6.04 Å². The summed E-state index contributed by atoms with van der Waals surface area (Å²) in [6.07, 6.45) is 3.70. The van der Waals surface area contributed by atoms with E-state index in [1.54, 1.807) is 0 Å². The van der Waals surface area contributed by atoms with Crippen molar-refractivity contribution in [1.29, 1.82) is 0 Å². The third kappa shape index (κ3) is 3.38. The predicted octanol–water partition coefficient (Wildman–Crippen LogP) is 4.50. The van der Waals surface area contributed by atoms with E-state index < -0.39 is 0 Å². The van der Waals surface area contributed by atoms with E-state index in [1.165, 1.54) is 16.7 Å². The Morgan fingerprint density at radius 3 is 2.50 bits per heavy atom. The van der Waals surface area contributed by atoms with Gasteiger partial charge in [0.05, 0.1) is 0 Å². The van der Waals surface area contributed by atoms with Crippen molar-refractivity contribution in [3.8, 4) is 0 Å². The first kappa shape index (κ1) is 15.0. The van der Waals surface area contributed by atoms with Gasteiger partial charge in [-0.3, -0.25) is 4.98 Å². The molecule has 0 fully saturated rings. The van der Waals surface area contributed by atoms with Gasteiger partial charge in [0.1, 0.15) is 0 Å². The summed E-state index contributed by atoms with van der Waals surface area (Å²) in [4.78, 5) is 4.10. The Labute approximate surface area is 126 Å². The van der Waals surface area contributed by atoms with Crippen molar-refractivity contribution in [2.75, 3.05) is 6.54 Å². The van der Waals surface area contributed by atoms with Crippen molar-refractivity contribution in [2.45, 2.75) is 32.7 Å². The zero-order valence-electron chi connectivity index (χ0n) is 12.2. The second kappa shape index (κ2) is 6.87. The molecule has 0 saturated heterocycles. The SMILES string of the molecule is CCNC(c1ccc(Cl)cc1C)C(C)c1ccncc1. The third-order valence-electron chi connectivity index (χ3n) is 3.72. The van der Waals surface area contributed by atoms with Crippen molar-refractivity contribution in [3.63, 3.8) is 0 Å². The lowest BCUT2D eigenvalue weighted by Crippen LogP contribution is -2.26. The molecule has 0 amide bonds. The second-order valence-corrected chi connectivity index (χ2v) is 5.54. The number of pyridine rings is 1. The van der Waals surface area contributed by atoms with Crippen molar-refractivity contribution in [3.05, 3.63) is 64.4 Å². The molecule has 1 N–H and O–H groups in total. The Bertz CT molecular complexity index is 554. The van der Waals surface area contributed by atoms with E-state index >= 15 is 0 Å². The molecule has 1 heterocycles. The van der Waals surface area contributed by atoms with Gasteiger partial charge in [-0.05, 0) is 54.4 Å². The summed E-state index contributed by atoms with van der Waals surface area (Å²) in [5.74, 6) is 0.373. The molecule has 0 saturated carbocycles. The number of likely N-dealkylation sites (N-methyl/N-ethyl adjacent to an activating group) is 1. The smallest absolute Gasteiger partial charge is 0.0408 e. The summed E-state index contributed by atoms with van der Waals surface area (Å²) in [6.45, 7) is 7.43. The number of aromatic nitrogens is 1. The molecule has 0 radical (unpaired) electrons. The van der Waals surface area contributed by atoms with Crippen molar-refractivity contribution in [2.24, 2.45) is 0 Å². The minimum Gasteiger partial charge on any atom is -0.310 e. The van der Waals surface area contributed by atoms with Crippen LogP contribution in [0.15, 0.2) is 42.7 Å². The molecule has 2 aromatic rings. The van der Waals surface area contributed by atoms with Gasteiger partial charge in [-0.25, -0.2) is 0 Å². The molecule has 0 aliphatic heterocycles. The molecule has 2 rings (SSSR count). The van der Waals surface area contributed by atoms with Crippen LogP contribution in [0, 0.1) is 6.92 Å². The van der Waals surface area contributed by atoms with Gasteiger partial charge in [0, 0.05) is 29.4 Å². The molecular formula is C17H21ClN2. The number of aryl methyl sites for hydroxylation is 1. The second-order valence-electron chi connectivity index (χ2n) is 5.11. The van der Waals surface area contributed by atoms with Gasteiger partial charge in [-0.1, -0.05) is 31.5 Å². The van der Waals surface area contributed by atoms with E-state index in [0.29, 0.717) is 5.92 Å². The fourth-order valence-corrected chi connectivity index (χ4v) is 2.85. The fraction of sp³-hybridized carbons (Fsp3) is 0.353. The summed E-state index contributed by atoms with van der Waals surface area (Å²) in [7, 11) is 0. The van der Waals surface area contributed by atoms with Gasteiger partial charge in [0.2, 0.25) is 0 Å². The summed E-state index contributed by atoms with van der Waals surface area (Å²) >= 11 is 6.07. The topological polar surface area (TPSA) is 24.9 Å². The largest absolute Gasteiger partial charge is 0.310 e. The third-order valence-corrected chi connectivity index (χ3v) is 3.96. The zero-order valence-corrected chi connectivity index (χ0v) is 13.0. The molecule has 1 aromatic heterocycles. The van der Waals surface area contributed by atoms with Crippen molar-refractivity contribution < 1.29 is 0 Å². The average Bonchev–Trinajstić information content (AvgIpc) is 2.46. The number of hydrogen-bond donors (Lipinski definition) is 1. The molecular weight excluding hydrogens is 268 g/mol. The lowest BCUT2D eigenvalue weighted by atomic mass is 9.87. The van der Waals surface area contributed by atoms with Crippen LogP contribution >= 0.6 is 11.6 Å². The number of nitrogens with one attached hydrogen (secondary N) is 1. The van der Waals surface area contributed by atoms with Gasteiger partial charge in [0.25, 0.3) is 0 Å². The molecule has 0 aliphatic carbocycles. The van der Waals surface area contributed by atoms with Gasteiger partial charge < -0.3 is 5.32 Å². The number of halogens is 1. The minimum absolute atomic E-state index is 0.277. The monoisotopic (exact) mass is 288 g/mol. The van der Waals surface area contributed by atoms with Crippen molar-refractivity contribution in [1.82, 2.24) is 10.3 Å². The molecule has 0 spiro atoms. The first-order chi connectivity index (χ1) is 9.63. The minimum atomic E-state index is 0.277. The zero-order chi connectivity index (χ0) is 14.5. The van der Waals surface area contributed by atoms with Crippen LogP contribution < -0.4 is 5.32 Å². The summed E-state index contributed by atoms with van der Waals surface area (Å²) < 4.78 is 0. The molecule has 106 valence electrons. The van der Waals surface area contributed by atoms with E-state index in [2.05, 4.69) is 49.3 Å². The molecule has 2 atom stereocenters. The molecule has 3 heteroatoms. The maximum Gasteiger partial charge on any atom is 0.0408 e. The Hall–Kier alpha value is -1.38. The lowest BCUT2D eigenvalue weighted by Gasteiger charge is -2.27. The first-order valence-electron chi connectivity index (χ1n) is 7.02. The van der Waals surface area contributed by atoms with Crippen LogP contribution in [0.4, 0.5) is 0 Å². The van der Waals surface area contributed by atoms with Crippen LogP contribution in [0.2, 0.25) is 5.02 Å². The van der Waals surface area contributed by atoms with Crippen LogP contribution in [0.5, 0.6) is 0 Å². The normalized spacial score (nSPS) is 14.0. The standard InChI is InChI=1S/C17H21ClN2/c1-4-20-17(13(3)14-7-9-19-10-8-14)16-6-5-15(18)11-12(16)2/h5-11,13,17,20H,4H2,1-3H3. The van der Waals surface area contributed by atoms with E-state index in [4.69, 9.17) is 11.6 Å². The van der Waals surface area contributed by atoms with Crippen LogP contribution in [0.25, 0.3) is 0 Å². The highest BCUT2D eigenvalue weighted by atomic mass is 35.5. The summed E-state index contributed by atoms with van der Waals surface area (Å²) in [5, 5.41) is 4.38. The van der Waals surface area contributed by atoms with Crippen LogP contribution in [-0.4, -0.2) is 11.5 Å². The Balaban J connectivity index is 2.35. The Morgan fingerprint density at radius 1 is 1.20 bits per heavy atom. The molecule has 2 nitrogen and oxygen atoms in total. The first-order valence-corrected chi connectivity index (χ1v) is 7.40. The van der Waals surface area contributed by atoms with Crippen LogP contribution in [0.1, 0.15) is 42.5 Å². The average molecular weight is 289 g/mol. The molecule has 0 bridgehead atoms. The highest BCUT2D eigenvalue weighted by Crippen LogP contribution is 2.32. The van der Waals surface area contributed by atoms with E-state index in [9.17, 15) is 0 Å². The molecule has 0 aliphatic rings. The number of hydrogen-bond acceptors (Lipinski definition) is 2. The molecule has 20 heavy (non-hydrogen) atoms. The van der Waals surface area contributed by atoms with Gasteiger partial charge in [-0.2, -0.15) is 0 Å². The summed E-state index contributed by atoms with van der Waals surface area (Å²) in [6, 6.07) is 10.6.